The van der Waals surface area contributed by atoms with Crippen LogP contribution in [0.3, 0.4) is 0 Å². The molecular formula is C19H34IN7O2. The summed E-state index contributed by atoms with van der Waals surface area (Å²) in [4.78, 5) is 4.62. The highest BCUT2D eigenvalue weighted by Gasteiger charge is 2.13. The number of methoxy groups -OCH3 is 1. The Bertz CT molecular complexity index is 741. The maximum Gasteiger partial charge on any atom is 0.192 e. The van der Waals surface area contributed by atoms with Crippen molar-refractivity contribution in [1.82, 2.24) is 30.6 Å². The third-order valence-corrected chi connectivity index (χ3v) is 4.79. The average Bonchev–Trinajstić information content (AvgIpc) is 3.29. The van der Waals surface area contributed by atoms with E-state index in [1.807, 2.05) is 24.6 Å². The molecule has 0 spiro atoms. The van der Waals surface area contributed by atoms with Gasteiger partial charge in [-0.2, -0.15) is 0 Å². The van der Waals surface area contributed by atoms with Gasteiger partial charge in [-0.15, -0.1) is 34.2 Å². The van der Waals surface area contributed by atoms with Gasteiger partial charge in [0, 0.05) is 39.3 Å². The molecule has 0 amide bonds. The van der Waals surface area contributed by atoms with Crippen molar-refractivity contribution >= 4 is 29.9 Å². The largest absolute Gasteiger partial charge is 0.385 e. The predicted molar refractivity (Wildman–Crippen MR) is 123 cm³/mol. The van der Waals surface area contributed by atoms with Crippen LogP contribution in [0.2, 0.25) is 0 Å². The molecule has 2 rings (SSSR count). The van der Waals surface area contributed by atoms with Crippen LogP contribution >= 0.6 is 24.0 Å². The Balaban J connectivity index is 0.00000420. The van der Waals surface area contributed by atoms with Crippen molar-refractivity contribution in [3.63, 3.8) is 0 Å². The zero-order chi connectivity index (χ0) is 20.4. The Hall–Kier alpha value is -1.69. The first-order chi connectivity index (χ1) is 13.6. The first-order valence-corrected chi connectivity index (χ1v) is 9.90. The first-order valence-electron chi connectivity index (χ1n) is 9.90. The van der Waals surface area contributed by atoms with E-state index in [0.717, 1.165) is 48.9 Å². The van der Waals surface area contributed by atoms with E-state index in [4.69, 9.17) is 9.26 Å². The second-order valence-corrected chi connectivity index (χ2v) is 6.75. The molecule has 0 bridgehead atoms. The predicted octanol–water partition coefficient (Wildman–Crippen LogP) is 2.91. The van der Waals surface area contributed by atoms with Crippen molar-refractivity contribution < 1.29 is 9.26 Å². The van der Waals surface area contributed by atoms with Gasteiger partial charge in [-0.3, -0.25) is 0 Å². The fourth-order valence-corrected chi connectivity index (χ4v) is 2.82. The minimum Gasteiger partial charge on any atom is -0.385 e. The zero-order valence-electron chi connectivity index (χ0n) is 18.1. The van der Waals surface area contributed by atoms with Gasteiger partial charge in [-0.25, -0.2) is 4.99 Å². The molecule has 164 valence electrons. The Kier molecular flexibility index (Phi) is 11.8. The smallest absolute Gasteiger partial charge is 0.192 e. The third-order valence-electron chi connectivity index (χ3n) is 4.79. The number of rotatable bonds is 11. The summed E-state index contributed by atoms with van der Waals surface area (Å²) in [5.74, 6) is 3.60. The average molecular weight is 519 g/mol. The van der Waals surface area contributed by atoms with Crippen molar-refractivity contribution in [2.24, 2.45) is 12.0 Å². The van der Waals surface area contributed by atoms with Gasteiger partial charge in [-0.05, 0) is 26.2 Å². The molecule has 0 unspecified atom stereocenters. The van der Waals surface area contributed by atoms with E-state index >= 15 is 0 Å². The quantitative estimate of drug-likeness (QED) is 0.204. The number of ether oxygens (including phenoxy) is 1. The molecule has 2 aromatic rings. The molecule has 0 atom stereocenters. The van der Waals surface area contributed by atoms with Crippen LogP contribution in [-0.4, -0.2) is 46.1 Å². The Morgan fingerprint density at radius 2 is 2.03 bits per heavy atom. The molecule has 0 aromatic carbocycles. The van der Waals surface area contributed by atoms with Crippen LogP contribution in [0.5, 0.6) is 0 Å². The molecule has 2 aromatic heterocycles. The molecule has 0 fully saturated rings. The number of halogens is 1. The van der Waals surface area contributed by atoms with Crippen LogP contribution in [0.1, 0.15) is 62.1 Å². The van der Waals surface area contributed by atoms with Gasteiger partial charge in [0.05, 0.1) is 12.2 Å². The van der Waals surface area contributed by atoms with Gasteiger partial charge >= 0.3 is 0 Å². The summed E-state index contributed by atoms with van der Waals surface area (Å²) in [5, 5.41) is 19.1. The first kappa shape index (κ1) is 25.3. The highest BCUT2D eigenvalue weighted by molar-refractivity contribution is 14.0. The van der Waals surface area contributed by atoms with E-state index in [1.165, 1.54) is 0 Å². The van der Waals surface area contributed by atoms with Gasteiger partial charge in [0.1, 0.15) is 12.4 Å². The summed E-state index contributed by atoms with van der Waals surface area (Å²) < 4.78 is 12.5. The van der Waals surface area contributed by atoms with Crippen LogP contribution < -0.4 is 10.6 Å². The summed E-state index contributed by atoms with van der Waals surface area (Å²) >= 11 is 0. The van der Waals surface area contributed by atoms with Crippen LogP contribution in [0.25, 0.3) is 0 Å². The van der Waals surface area contributed by atoms with Crippen molar-refractivity contribution in [3.8, 4) is 0 Å². The van der Waals surface area contributed by atoms with Crippen molar-refractivity contribution in [3.05, 3.63) is 29.2 Å². The Morgan fingerprint density at radius 3 is 2.66 bits per heavy atom. The topological polar surface area (TPSA) is 102 Å². The number of aliphatic imine (C=N–C) groups is 1. The second-order valence-electron chi connectivity index (χ2n) is 6.75. The van der Waals surface area contributed by atoms with E-state index in [2.05, 4.69) is 44.8 Å². The van der Waals surface area contributed by atoms with Gasteiger partial charge in [-0.1, -0.05) is 19.0 Å². The molecule has 9 nitrogen and oxygen atoms in total. The van der Waals surface area contributed by atoms with Crippen molar-refractivity contribution in [2.45, 2.75) is 59.0 Å². The summed E-state index contributed by atoms with van der Waals surface area (Å²) in [6, 6.07) is 2.03. The van der Waals surface area contributed by atoms with E-state index in [0.29, 0.717) is 31.6 Å². The molecule has 2 heterocycles. The summed E-state index contributed by atoms with van der Waals surface area (Å²) in [6.45, 7) is 8.67. The van der Waals surface area contributed by atoms with Gasteiger partial charge in [0.2, 0.25) is 0 Å². The zero-order valence-corrected chi connectivity index (χ0v) is 20.4. The molecule has 0 aliphatic rings. The second kappa shape index (κ2) is 13.5. The summed E-state index contributed by atoms with van der Waals surface area (Å²) in [7, 11) is 3.64. The Morgan fingerprint density at radius 1 is 1.28 bits per heavy atom. The van der Waals surface area contributed by atoms with E-state index in [9.17, 15) is 0 Å². The van der Waals surface area contributed by atoms with Crippen LogP contribution in [-0.2, 0) is 24.9 Å². The number of hydrogen-bond donors (Lipinski definition) is 2. The lowest BCUT2D eigenvalue weighted by Gasteiger charge is -2.11. The molecular weight excluding hydrogens is 485 g/mol. The highest BCUT2D eigenvalue weighted by Crippen LogP contribution is 2.22. The number of aromatic nitrogens is 4. The summed E-state index contributed by atoms with van der Waals surface area (Å²) in [6.07, 6.45) is 3.00. The molecule has 0 radical (unpaired) electrons. The normalized spacial score (nSPS) is 11.6. The van der Waals surface area contributed by atoms with Gasteiger partial charge in [0.15, 0.2) is 17.5 Å². The van der Waals surface area contributed by atoms with Crippen LogP contribution in [0, 0.1) is 6.92 Å². The molecule has 2 N–H and O–H groups in total. The number of hydrogen-bond acceptors (Lipinski definition) is 6. The number of guanidine groups is 1. The van der Waals surface area contributed by atoms with E-state index in [1.54, 1.807) is 7.11 Å². The molecule has 0 saturated heterocycles. The summed E-state index contributed by atoms with van der Waals surface area (Å²) in [5.41, 5.74) is 1.02. The van der Waals surface area contributed by atoms with Gasteiger partial charge in [0.25, 0.3) is 0 Å². The SMILES string of the molecule is CCC(CC)c1cc(CNC(=NCc2nnc(C)n2C)NCCCOC)on1.I. The maximum atomic E-state index is 5.49. The molecule has 0 saturated carbocycles. The van der Waals surface area contributed by atoms with Crippen molar-refractivity contribution in [2.75, 3.05) is 20.3 Å². The van der Waals surface area contributed by atoms with Crippen LogP contribution in [0.15, 0.2) is 15.6 Å². The lowest BCUT2D eigenvalue weighted by atomic mass is 9.99. The number of aryl methyl sites for hydroxylation is 1. The van der Waals surface area contributed by atoms with E-state index in [-0.39, 0.29) is 24.0 Å². The molecule has 0 aliphatic heterocycles. The van der Waals surface area contributed by atoms with Crippen molar-refractivity contribution in [1.29, 1.82) is 0 Å². The maximum absolute atomic E-state index is 5.49. The minimum atomic E-state index is 0. The Labute approximate surface area is 190 Å². The lowest BCUT2D eigenvalue weighted by Crippen LogP contribution is -2.37. The minimum absolute atomic E-state index is 0. The molecule has 10 heteroatoms. The monoisotopic (exact) mass is 519 g/mol. The fraction of sp³-hybridized carbons (Fsp3) is 0.684. The molecule has 29 heavy (non-hydrogen) atoms. The fourth-order valence-electron chi connectivity index (χ4n) is 2.82. The molecule has 0 aliphatic carbocycles. The highest BCUT2D eigenvalue weighted by atomic mass is 127. The lowest BCUT2D eigenvalue weighted by molar-refractivity contribution is 0.195. The van der Waals surface area contributed by atoms with E-state index < -0.39 is 0 Å². The standard InChI is InChI=1S/C19H33N7O2.HI/c1-6-15(7-2)17-11-16(28-25-17)12-21-19(20-9-8-10-27-5)22-13-18-24-23-14(3)26(18)4;/h11,15H,6-10,12-13H2,1-5H3,(H2,20,21,22);1H. The number of nitrogens with zero attached hydrogens (tertiary/aromatic N) is 5. The number of nitrogens with one attached hydrogen (secondary N) is 2. The third kappa shape index (κ3) is 7.92. The van der Waals surface area contributed by atoms with Gasteiger partial charge < -0.3 is 24.5 Å². The van der Waals surface area contributed by atoms with Crippen LogP contribution in [0.4, 0.5) is 0 Å².